The summed E-state index contributed by atoms with van der Waals surface area (Å²) in [7, 11) is 0. The van der Waals surface area contributed by atoms with Gasteiger partial charge in [0.25, 0.3) is 0 Å². The minimum absolute atomic E-state index is 0. The Bertz CT molecular complexity index is 4500. The molecule has 10 heterocycles. The summed E-state index contributed by atoms with van der Waals surface area (Å²) >= 11 is 0. The van der Waals surface area contributed by atoms with Crippen molar-refractivity contribution >= 4 is 87.5 Å². The summed E-state index contributed by atoms with van der Waals surface area (Å²) in [6, 6.07) is 67.9. The van der Waals surface area contributed by atoms with Crippen LogP contribution in [0.25, 0.3) is 110 Å². The molecular weight excluding hydrogens is 1270 g/mol. The monoisotopic (exact) mass is 1310 g/mol. The Balaban J connectivity index is 0.000000126. The second kappa shape index (κ2) is 16.5. The molecule has 2 saturated carbocycles. The molecular formula is C64H44N6UY2. The molecule has 73 heavy (non-hydrogen) atoms. The van der Waals surface area contributed by atoms with Gasteiger partial charge in [0.1, 0.15) is 16.7 Å². The van der Waals surface area contributed by atoms with E-state index in [0.717, 1.165) is 11.1 Å². The van der Waals surface area contributed by atoms with Crippen molar-refractivity contribution in [2.24, 2.45) is 11.8 Å². The quantitative estimate of drug-likeness (QED) is 0.116. The predicted octanol–water partition coefficient (Wildman–Crippen LogP) is 13.8. The molecule has 4 atom stereocenters. The zero-order chi connectivity index (χ0) is 45.1. The summed E-state index contributed by atoms with van der Waals surface area (Å²) < 4.78 is 15.4. The van der Waals surface area contributed by atoms with Crippen LogP contribution in [0.4, 0.5) is 0 Å². The van der Waals surface area contributed by atoms with Crippen LogP contribution in [-0.2, 0) is 65.4 Å². The van der Waals surface area contributed by atoms with Crippen molar-refractivity contribution in [3.8, 4) is 22.5 Å². The summed E-state index contributed by atoms with van der Waals surface area (Å²) in [4.78, 5) is 0. The van der Waals surface area contributed by atoms with Gasteiger partial charge in [-0.2, -0.15) is 12.1 Å². The Labute approximate surface area is 496 Å². The van der Waals surface area contributed by atoms with Gasteiger partial charge in [0, 0.05) is 145 Å². The minimum atomic E-state index is 0. The molecule has 340 valence electrons. The second-order valence-electron chi connectivity index (χ2n) is 20.8. The maximum atomic E-state index is 3.91. The molecule has 19 rings (SSSR count). The Hall–Kier alpha value is -4.96. The van der Waals surface area contributed by atoms with Gasteiger partial charge in [0.05, 0.1) is 5.69 Å². The van der Waals surface area contributed by atoms with Crippen molar-refractivity contribution in [2.45, 2.75) is 50.6 Å². The van der Waals surface area contributed by atoms with E-state index >= 15 is 0 Å². The fourth-order valence-corrected chi connectivity index (χ4v) is 15.3. The second-order valence-corrected chi connectivity index (χ2v) is 20.8. The van der Waals surface area contributed by atoms with E-state index in [2.05, 4.69) is 198 Å². The van der Waals surface area contributed by atoms with Gasteiger partial charge in [-0.15, -0.1) is 6.07 Å². The van der Waals surface area contributed by atoms with Crippen LogP contribution < -0.4 is 9.13 Å². The van der Waals surface area contributed by atoms with Gasteiger partial charge in [-0.05, 0) is 95.5 Å². The predicted molar refractivity (Wildman–Crippen MR) is 279 cm³/mol. The van der Waals surface area contributed by atoms with E-state index in [1.807, 2.05) is 12.1 Å². The van der Waals surface area contributed by atoms with Crippen LogP contribution in [0.5, 0.6) is 0 Å². The number of hydrogen-bond acceptors (Lipinski definition) is 0. The first-order valence-corrected chi connectivity index (χ1v) is 25.5. The number of aromatic nitrogens is 6. The number of nitrogens with zero attached hydrogens (tertiary/aromatic N) is 6. The minimum Gasteiger partial charge on any atom is -0.407 e. The summed E-state index contributed by atoms with van der Waals surface area (Å²) in [5.74, 6) is 1.03. The molecule has 6 nitrogen and oxygen atoms in total. The van der Waals surface area contributed by atoms with Crippen LogP contribution in [0.1, 0.15) is 61.7 Å². The van der Waals surface area contributed by atoms with Crippen molar-refractivity contribution < 1.29 is 106 Å². The van der Waals surface area contributed by atoms with Crippen LogP contribution in [0, 0.1) is 67.3 Å². The third-order valence-electron chi connectivity index (χ3n) is 17.8. The zero-order valence-electron chi connectivity index (χ0n) is 40.1. The number of benzene rings is 7. The van der Waals surface area contributed by atoms with E-state index in [1.165, 1.54) is 161 Å². The number of hydrogen-bond donors (Lipinski definition) is 0. The average Bonchev–Trinajstić information content (AvgIpc) is 4.30. The van der Waals surface area contributed by atoms with E-state index in [-0.39, 0.29) is 96.5 Å². The first kappa shape index (κ1) is 45.4. The Morgan fingerprint density at radius 1 is 0.452 bits per heavy atom. The topological polar surface area (TPSA) is 27.5 Å². The van der Waals surface area contributed by atoms with E-state index in [4.69, 9.17) is 0 Å². The molecule has 2 radical (unpaired) electrons. The zero-order valence-corrected chi connectivity index (χ0v) is 49.9. The van der Waals surface area contributed by atoms with Crippen LogP contribution in [-0.4, -0.2) is 18.3 Å². The Kier molecular flexibility index (Phi) is 10.3. The Morgan fingerprint density at radius 3 is 1.56 bits per heavy atom. The molecule has 0 saturated heterocycles. The van der Waals surface area contributed by atoms with Crippen molar-refractivity contribution in [3.05, 3.63) is 205 Å². The molecule has 7 aromatic carbocycles. The van der Waals surface area contributed by atoms with Crippen LogP contribution in [0.15, 0.2) is 170 Å². The number of fused-ring (bicyclic) bond motifs is 22. The smallest absolute Gasteiger partial charge is 0.407 e. The van der Waals surface area contributed by atoms with E-state index in [9.17, 15) is 0 Å². The van der Waals surface area contributed by atoms with Crippen molar-refractivity contribution in [1.82, 2.24) is 18.3 Å². The summed E-state index contributed by atoms with van der Waals surface area (Å²) in [6.07, 6.45) is 13.8. The molecule has 13 aromatic rings. The summed E-state index contributed by atoms with van der Waals surface area (Å²) in [6.45, 7) is 0. The van der Waals surface area contributed by atoms with Gasteiger partial charge in [-0.25, -0.2) is 18.2 Å². The van der Waals surface area contributed by atoms with Crippen LogP contribution in [0.2, 0.25) is 0 Å². The van der Waals surface area contributed by atoms with E-state index in [1.54, 1.807) is 0 Å². The third kappa shape index (κ3) is 5.70. The van der Waals surface area contributed by atoms with Crippen LogP contribution in [0.3, 0.4) is 0 Å². The van der Waals surface area contributed by atoms with E-state index in [0.29, 0.717) is 23.9 Å². The number of pyridine rings is 2. The maximum absolute atomic E-state index is 3.91. The molecule has 4 unspecified atom stereocenters. The SMILES string of the molecule is [U+2].[Y].[Y].[c-]1ccccc1-c1[c-][n+]2c3c(c1)c1ccccc1n3-c1ccc3c4ccccc4n4c3c1[C-]2C1CCCC14.c1ccc2c(c1)c1ccc[n+]3c1n2-c1ccc2c4ccccc4n4c2c1[C-]3C1CCCC14. The van der Waals surface area contributed by atoms with Gasteiger partial charge in [0.2, 0.25) is 5.65 Å². The van der Waals surface area contributed by atoms with Crippen LogP contribution >= 0.6 is 0 Å². The number of para-hydroxylation sites is 4. The molecule has 6 aliphatic rings. The van der Waals surface area contributed by atoms with Crippen molar-refractivity contribution in [3.63, 3.8) is 0 Å². The molecule has 2 fully saturated rings. The fraction of sp³-hybridized carbons (Fsp3) is 0.156. The maximum Gasteiger partial charge on any atom is 2.00 e. The molecule has 4 aliphatic heterocycles. The molecule has 0 amide bonds. The van der Waals surface area contributed by atoms with Gasteiger partial charge in [0.15, 0.2) is 5.65 Å². The normalized spacial score (nSPS) is 19.1. The standard InChI is InChI=1S/C35H23N3.C29H21N3.U.2Y/c1-2-9-21(10-3-1)22-19-27-24-12-5-7-15-29(24)38-31-18-17-25-23-11-4-6-14-28(23)37-30-16-8-13-26(30)33(32(31)34(25)37)36(20-22)35(27)38;1-3-11-22-17(7-1)19-14-15-25-26-27(21-9-5-13-24(21)31(22)28(19)26)30-16-6-10-20-18-8-2-4-12-23(18)32(25)29(20)30;;;/h1-7,9,11-12,14-15,17-19,26,30H,8,13,16H2;1-4,6-8,10-12,14-16,21,24H,5,9,13H2;;;/q-2;;+2;;. The first-order chi connectivity index (χ1) is 34.8. The molecule has 9 heteroatoms. The van der Waals surface area contributed by atoms with Gasteiger partial charge in [-0.3, -0.25) is 24.8 Å². The van der Waals surface area contributed by atoms with Crippen molar-refractivity contribution in [2.75, 3.05) is 0 Å². The first-order valence-electron chi connectivity index (χ1n) is 25.5. The summed E-state index contributed by atoms with van der Waals surface area (Å²) in [5.41, 5.74) is 18.4. The molecule has 0 bridgehead atoms. The Morgan fingerprint density at radius 2 is 0.959 bits per heavy atom. The molecule has 2 aliphatic carbocycles. The van der Waals surface area contributed by atoms with E-state index < -0.39 is 0 Å². The average molecular weight is 1310 g/mol. The molecule has 0 spiro atoms. The third-order valence-corrected chi connectivity index (χ3v) is 17.8. The van der Waals surface area contributed by atoms with Gasteiger partial charge < -0.3 is 13.7 Å². The summed E-state index contributed by atoms with van der Waals surface area (Å²) in [5, 5.41) is 10.8. The van der Waals surface area contributed by atoms with Gasteiger partial charge >= 0.3 is 31.1 Å². The number of rotatable bonds is 1. The largest absolute Gasteiger partial charge is 2.00 e. The fourth-order valence-electron chi connectivity index (χ4n) is 15.3. The molecule has 6 aromatic heterocycles. The van der Waals surface area contributed by atoms with Gasteiger partial charge in [-0.1, -0.05) is 122 Å². The molecule has 0 N–H and O–H groups in total. The van der Waals surface area contributed by atoms with Crippen molar-refractivity contribution in [1.29, 1.82) is 0 Å².